The molecule has 5 nitrogen and oxygen atoms in total. The number of carbonyl (C=O) groups is 2. The number of ether oxygens (including phenoxy) is 1. The molecule has 1 aliphatic heterocycles. The lowest BCUT2D eigenvalue weighted by atomic mass is 9.77. The highest BCUT2D eigenvalue weighted by Gasteiger charge is 2.45. The lowest BCUT2D eigenvalue weighted by Crippen LogP contribution is -2.43. The Balaban J connectivity index is 2.93. The number of likely N-dealkylation sites (tertiary alicyclic amines) is 1. The van der Waals surface area contributed by atoms with Crippen molar-refractivity contribution in [2.45, 2.75) is 66.3 Å². The average Bonchev–Trinajstić information content (AvgIpc) is 2.76. The first-order chi connectivity index (χ1) is 10.3. The summed E-state index contributed by atoms with van der Waals surface area (Å²) < 4.78 is 11.7. The minimum absolute atomic E-state index is 0.0231. The highest BCUT2D eigenvalue weighted by Crippen LogP contribution is 2.37. The molecule has 1 fully saturated rings. The van der Waals surface area contributed by atoms with E-state index in [2.05, 4.69) is 33.9 Å². The van der Waals surface area contributed by atoms with Crippen LogP contribution in [0.4, 0.5) is 4.79 Å². The molecule has 0 radical (unpaired) electrons. The van der Waals surface area contributed by atoms with E-state index < -0.39 is 14.6 Å². The van der Waals surface area contributed by atoms with Gasteiger partial charge in [-0.1, -0.05) is 20.8 Å². The zero-order valence-corrected chi connectivity index (χ0v) is 17.0. The molecule has 1 saturated heterocycles. The van der Waals surface area contributed by atoms with E-state index in [4.69, 9.17) is 9.16 Å². The van der Waals surface area contributed by atoms with Gasteiger partial charge in [-0.05, 0) is 39.3 Å². The monoisotopic (exact) mass is 343 g/mol. The van der Waals surface area contributed by atoms with E-state index in [1.807, 2.05) is 20.8 Å². The van der Waals surface area contributed by atoms with Crippen LogP contribution in [0.5, 0.6) is 0 Å². The molecule has 0 aliphatic carbocycles. The van der Waals surface area contributed by atoms with E-state index in [1.54, 1.807) is 4.90 Å². The number of rotatable bonds is 4. The molecule has 0 spiro atoms. The summed E-state index contributed by atoms with van der Waals surface area (Å²) in [4.78, 5) is 25.5. The summed E-state index contributed by atoms with van der Waals surface area (Å²) in [7, 11) is -1.25. The van der Waals surface area contributed by atoms with Crippen LogP contribution in [-0.2, 0) is 14.0 Å². The van der Waals surface area contributed by atoms with Crippen molar-refractivity contribution in [1.82, 2.24) is 4.90 Å². The van der Waals surface area contributed by atoms with Crippen LogP contribution in [0.2, 0.25) is 13.1 Å². The SMILES string of the molecule is C[SiH](C)OC([C@@H]1CN(C(=O)OC(C)(C)C)C[C@H]1C=O)C(C)(C)C. The predicted molar refractivity (Wildman–Crippen MR) is 94.1 cm³/mol. The van der Waals surface area contributed by atoms with Crippen molar-refractivity contribution in [3.8, 4) is 0 Å². The fraction of sp³-hybridized carbons (Fsp3) is 0.882. The molecule has 0 aromatic heterocycles. The van der Waals surface area contributed by atoms with Gasteiger partial charge in [-0.2, -0.15) is 0 Å². The molecule has 1 rings (SSSR count). The fourth-order valence-corrected chi connectivity index (χ4v) is 4.23. The van der Waals surface area contributed by atoms with Crippen LogP contribution in [0.15, 0.2) is 0 Å². The van der Waals surface area contributed by atoms with Gasteiger partial charge in [0.15, 0.2) is 9.04 Å². The second kappa shape index (κ2) is 7.34. The molecular formula is C17H33NO4Si. The predicted octanol–water partition coefficient (Wildman–Crippen LogP) is 3.08. The van der Waals surface area contributed by atoms with Crippen molar-refractivity contribution in [2.24, 2.45) is 17.3 Å². The van der Waals surface area contributed by atoms with Gasteiger partial charge in [0.2, 0.25) is 0 Å². The van der Waals surface area contributed by atoms with E-state index in [-0.39, 0.29) is 29.4 Å². The molecule has 0 N–H and O–H groups in total. The van der Waals surface area contributed by atoms with Crippen LogP contribution in [0.25, 0.3) is 0 Å². The van der Waals surface area contributed by atoms with Gasteiger partial charge in [0, 0.05) is 24.9 Å². The van der Waals surface area contributed by atoms with Gasteiger partial charge in [0.25, 0.3) is 0 Å². The highest BCUT2D eigenvalue weighted by molar-refractivity contribution is 6.48. The molecule has 0 bridgehead atoms. The van der Waals surface area contributed by atoms with Crippen molar-refractivity contribution in [2.75, 3.05) is 13.1 Å². The number of amides is 1. The lowest BCUT2D eigenvalue weighted by molar-refractivity contribution is -0.113. The summed E-state index contributed by atoms with van der Waals surface area (Å²) >= 11 is 0. The Labute approximate surface area is 142 Å². The maximum atomic E-state index is 12.3. The molecule has 0 saturated carbocycles. The molecule has 3 atom stereocenters. The number of aldehydes is 1. The Bertz CT molecular complexity index is 425. The summed E-state index contributed by atoms with van der Waals surface area (Å²) in [6.07, 6.45) is 0.594. The van der Waals surface area contributed by atoms with Gasteiger partial charge in [-0.15, -0.1) is 0 Å². The second-order valence-corrected chi connectivity index (χ2v) is 11.2. The lowest BCUT2D eigenvalue weighted by Gasteiger charge is -2.38. The Hall–Kier alpha value is -0.883. The number of hydrogen-bond donors (Lipinski definition) is 0. The highest BCUT2D eigenvalue weighted by atomic mass is 28.3. The van der Waals surface area contributed by atoms with E-state index in [9.17, 15) is 9.59 Å². The minimum Gasteiger partial charge on any atom is -0.444 e. The summed E-state index contributed by atoms with van der Waals surface area (Å²) in [5.41, 5.74) is -0.607. The zero-order valence-electron chi connectivity index (χ0n) is 15.9. The van der Waals surface area contributed by atoms with Crippen LogP contribution < -0.4 is 0 Å². The Morgan fingerprint density at radius 3 is 2.13 bits per heavy atom. The summed E-state index contributed by atoms with van der Waals surface area (Å²) in [6, 6.07) is 0. The molecule has 23 heavy (non-hydrogen) atoms. The van der Waals surface area contributed by atoms with E-state index in [1.165, 1.54) is 0 Å². The van der Waals surface area contributed by atoms with Crippen LogP contribution in [-0.4, -0.2) is 51.1 Å². The van der Waals surface area contributed by atoms with Gasteiger partial charge < -0.3 is 18.9 Å². The molecule has 1 amide bonds. The standard InChI is InChI=1S/C17H33NO4Si/c1-16(2,3)14(22-23(7)8)13-10-18(9-12(13)11-19)15(20)21-17(4,5)6/h11-14,23H,9-10H2,1-8H3/t12-,13+,14?/m0/s1. The van der Waals surface area contributed by atoms with Gasteiger partial charge >= 0.3 is 6.09 Å². The van der Waals surface area contributed by atoms with E-state index >= 15 is 0 Å². The third-order valence-electron chi connectivity index (χ3n) is 3.90. The van der Waals surface area contributed by atoms with Crippen LogP contribution in [0.1, 0.15) is 41.5 Å². The topological polar surface area (TPSA) is 55.8 Å². The van der Waals surface area contributed by atoms with Gasteiger partial charge in [-0.3, -0.25) is 0 Å². The molecule has 134 valence electrons. The Kier molecular flexibility index (Phi) is 6.44. The Morgan fingerprint density at radius 1 is 1.17 bits per heavy atom. The second-order valence-electron chi connectivity index (χ2n) is 8.82. The largest absolute Gasteiger partial charge is 0.444 e. The third-order valence-corrected chi connectivity index (χ3v) is 4.74. The number of nitrogens with zero attached hydrogens (tertiary/aromatic N) is 1. The van der Waals surface area contributed by atoms with Crippen molar-refractivity contribution < 1.29 is 18.8 Å². The van der Waals surface area contributed by atoms with Crippen LogP contribution >= 0.6 is 0 Å². The fourth-order valence-electron chi connectivity index (χ4n) is 3.03. The zero-order chi connectivity index (χ0) is 18.0. The van der Waals surface area contributed by atoms with Gasteiger partial charge in [0.05, 0.1) is 6.10 Å². The summed E-state index contributed by atoms with van der Waals surface area (Å²) in [5.74, 6) is -0.172. The molecule has 0 aromatic rings. The maximum absolute atomic E-state index is 12.3. The van der Waals surface area contributed by atoms with E-state index in [0.717, 1.165) is 6.29 Å². The van der Waals surface area contributed by atoms with Crippen LogP contribution in [0, 0.1) is 17.3 Å². The Morgan fingerprint density at radius 2 is 1.74 bits per heavy atom. The maximum Gasteiger partial charge on any atom is 0.410 e. The number of hydrogen-bond acceptors (Lipinski definition) is 4. The van der Waals surface area contributed by atoms with E-state index in [0.29, 0.717) is 13.1 Å². The summed E-state index contributed by atoms with van der Waals surface area (Å²) in [6.45, 7) is 17.1. The van der Waals surface area contributed by atoms with Crippen molar-refractivity contribution in [3.63, 3.8) is 0 Å². The average molecular weight is 344 g/mol. The normalized spacial score (nSPS) is 24.0. The molecule has 1 aliphatic rings. The van der Waals surface area contributed by atoms with Crippen LogP contribution in [0.3, 0.4) is 0 Å². The molecule has 1 heterocycles. The van der Waals surface area contributed by atoms with Crippen molar-refractivity contribution in [3.05, 3.63) is 0 Å². The van der Waals surface area contributed by atoms with Gasteiger partial charge in [-0.25, -0.2) is 4.79 Å². The van der Waals surface area contributed by atoms with Gasteiger partial charge in [0.1, 0.15) is 11.9 Å². The first kappa shape index (κ1) is 20.2. The van der Waals surface area contributed by atoms with Crippen molar-refractivity contribution >= 4 is 21.4 Å². The minimum atomic E-state index is -1.25. The molecular weight excluding hydrogens is 310 g/mol. The summed E-state index contributed by atoms with van der Waals surface area (Å²) in [5, 5.41) is 0. The molecule has 1 unspecified atom stereocenters. The first-order valence-electron chi connectivity index (χ1n) is 8.44. The number of carbonyl (C=O) groups excluding carboxylic acids is 2. The van der Waals surface area contributed by atoms with Crippen molar-refractivity contribution in [1.29, 1.82) is 0 Å². The third kappa shape index (κ3) is 5.92. The quantitative estimate of drug-likeness (QED) is 0.581. The first-order valence-corrected chi connectivity index (χ1v) is 11.2. The smallest absolute Gasteiger partial charge is 0.410 e. The molecule has 6 heteroatoms. The molecule has 0 aromatic carbocycles.